The Hall–Kier alpha value is -3.00. The van der Waals surface area contributed by atoms with E-state index in [0.29, 0.717) is 23.0 Å². The highest BCUT2D eigenvalue weighted by Gasteiger charge is 2.11. The van der Waals surface area contributed by atoms with Crippen molar-refractivity contribution in [3.63, 3.8) is 0 Å². The van der Waals surface area contributed by atoms with Gasteiger partial charge in [0.25, 0.3) is 5.89 Å². The molecule has 0 unspecified atom stereocenters. The number of nitrogens with zero attached hydrogens (tertiary/aromatic N) is 4. The predicted octanol–water partition coefficient (Wildman–Crippen LogP) is 3.23. The summed E-state index contributed by atoms with van der Waals surface area (Å²) in [5, 5.41) is 12.8. The molecule has 0 N–H and O–H groups in total. The molecule has 0 amide bonds. The average molecular weight is 276 g/mol. The van der Waals surface area contributed by atoms with E-state index in [1.165, 1.54) is 5.56 Å². The van der Waals surface area contributed by atoms with Gasteiger partial charge in [-0.15, -0.1) is 0 Å². The van der Waals surface area contributed by atoms with Crippen molar-refractivity contribution in [2.75, 3.05) is 0 Å². The van der Waals surface area contributed by atoms with Gasteiger partial charge in [-0.2, -0.15) is 10.2 Å². The van der Waals surface area contributed by atoms with Crippen LogP contribution in [0.2, 0.25) is 0 Å². The van der Waals surface area contributed by atoms with Gasteiger partial charge in [-0.25, -0.2) is 4.98 Å². The Morgan fingerprint density at radius 1 is 1.14 bits per heavy atom. The predicted molar refractivity (Wildman–Crippen MR) is 77.1 cm³/mol. The minimum Gasteiger partial charge on any atom is -0.334 e. The zero-order chi connectivity index (χ0) is 14.7. The summed E-state index contributed by atoms with van der Waals surface area (Å²) < 4.78 is 5.26. The molecule has 0 aliphatic carbocycles. The molecule has 0 fully saturated rings. The van der Waals surface area contributed by atoms with E-state index in [-0.39, 0.29) is 0 Å². The summed E-state index contributed by atoms with van der Waals surface area (Å²) in [6, 6.07) is 13.4. The topological polar surface area (TPSA) is 75.6 Å². The second-order valence-corrected chi connectivity index (χ2v) is 4.52. The first kappa shape index (κ1) is 13.0. The quantitative estimate of drug-likeness (QED) is 0.734. The number of aromatic nitrogens is 3. The van der Waals surface area contributed by atoms with Crippen molar-refractivity contribution in [3.05, 3.63) is 53.9 Å². The van der Waals surface area contributed by atoms with Gasteiger partial charge in [-0.1, -0.05) is 36.3 Å². The van der Waals surface area contributed by atoms with Crippen molar-refractivity contribution in [1.29, 1.82) is 5.26 Å². The van der Waals surface area contributed by atoms with Gasteiger partial charge in [0.05, 0.1) is 0 Å². The molecule has 2 aromatic heterocycles. The molecule has 0 aliphatic heterocycles. The molecule has 3 aromatic rings. The standard InChI is InChI=1S/C16H12N4O/c1-2-11-3-5-12(6-4-11)15-19-16(21-20-15)13-7-8-18-14(9-13)10-17/h3-9H,2H2,1H3. The van der Waals surface area contributed by atoms with Crippen LogP contribution < -0.4 is 0 Å². The number of pyridine rings is 1. The third-order valence-corrected chi connectivity index (χ3v) is 3.17. The second-order valence-electron chi connectivity index (χ2n) is 4.52. The molecule has 3 rings (SSSR count). The normalized spacial score (nSPS) is 10.3. The van der Waals surface area contributed by atoms with Gasteiger partial charge in [-0.05, 0) is 24.1 Å². The fraction of sp³-hybridized carbons (Fsp3) is 0.125. The highest BCUT2D eigenvalue weighted by atomic mass is 16.5. The maximum Gasteiger partial charge on any atom is 0.258 e. The highest BCUT2D eigenvalue weighted by molar-refractivity contribution is 5.60. The minimum absolute atomic E-state index is 0.319. The molecular weight excluding hydrogens is 264 g/mol. The molecule has 5 nitrogen and oxygen atoms in total. The molecule has 2 heterocycles. The third-order valence-electron chi connectivity index (χ3n) is 3.17. The maximum atomic E-state index is 8.86. The molecule has 0 bridgehead atoms. The van der Waals surface area contributed by atoms with Crippen LogP contribution in [0, 0.1) is 11.3 Å². The minimum atomic E-state index is 0.319. The summed E-state index contributed by atoms with van der Waals surface area (Å²) in [4.78, 5) is 8.28. The maximum absolute atomic E-state index is 8.86. The van der Waals surface area contributed by atoms with Gasteiger partial charge < -0.3 is 4.52 Å². The van der Waals surface area contributed by atoms with E-state index < -0.39 is 0 Å². The van der Waals surface area contributed by atoms with Crippen LogP contribution in [0.5, 0.6) is 0 Å². The van der Waals surface area contributed by atoms with E-state index in [1.54, 1.807) is 18.3 Å². The zero-order valence-electron chi connectivity index (χ0n) is 11.4. The number of nitriles is 1. The summed E-state index contributed by atoms with van der Waals surface area (Å²) in [5.41, 5.74) is 3.16. The summed E-state index contributed by atoms with van der Waals surface area (Å²) >= 11 is 0. The lowest BCUT2D eigenvalue weighted by atomic mass is 10.1. The molecule has 0 aliphatic rings. The van der Waals surface area contributed by atoms with Crippen LogP contribution in [0.3, 0.4) is 0 Å². The number of hydrogen-bond donors (Lipinski definition) is 0. The second kappa shape index (κ2) is 5.55. The largest absolute Gasteiger partial charge is 0.334 e. The Labute approximate surface area is 121 Å². The number of rotatable bonds is 3. The van der Waals surface area contributed by atoms with Crippen molar-refractivity contribution < 1.29 is 4.52 Å². The molecule has 21 heavy (non-hydrogen) atoms. The molecule has 102 valence electrons. The highest BCUT2D eigenvalue weighted by Crippen LogP contribution is 2.22. The van der Waals surface area contributed by atoms with E-state index in [4.69, 9.17) is 9.78 Å². The first-order valence-corrected chi connectivity index (χ1v) is 6.59. The zero-order valence-corrected chi connectivity index (χ0v) is 11.4. The van der Waals surface area contributed by atoms with Crippen molar-refractivity contribution in [1.82, 2.24) is 15.1 Å². The molecule has 0 saturated heterocycles. The smallest absolute Gasteiger partial charge is 0.258 e. The van der Waals surface area contributed by atoms with Gasteiger partial charge in [0, 0.05) is 17.3 Å². The van der Waals surface area contributed by atoms with Gasteiger partial charge >= 0.3 is 0 Å². The van der Waals surface area contributed by atoms with E-state index in [0.717, 1.165) is 12.0 Å². The summed E-state index contributed by atoms with van der Waals surface area (Å²) in [6.45, 7) is 2.11. The Morgan fingerprint density at radius 3 is 2.67 bits per heavy atom. The van der Waals surface area contributed by atoms with Crippen LogP contribution in [-0.2, 0) is 6.42 Å². The summed E-state index contributed by atoms with van der Waals surface area (Å²) in [5.74, 6) is 0.909. The lowest BCUT2D eigenvalue weighted by Crippen LogP contribution is -1.85. The molecule has 0 spiro atoms. The Morgan fingerprint density at radius 2 is 1.95 bits per heavy atom. The van der Waals surface area contributed by atoms with Crippen LogP contribution in [0.15, 0.2) is 47.1 Å². The van der Waals surface area contributed by atoms with Crippen LogP contribution in [0.4, 0.5) is 0 Å². The molecule has 0 radical (unpaired) electrons. The first-order valence-electron chi connectivity index (χ1n) is 6.59. The van der Waals surface area contributed by atoms with Gasteiger partial charge in [0.15, 0.2) is 0 Å². The van der Waals surface area contributed by atoms with Crippen molar-refractivity contribution >= 4 is 0 Å². The SMILES string of the molecule is CCc1ccc(-c2noc(-c3ccnc(C#N)c3)n2)cc1. The van der Waals surface area contributed by atoms with E-state index in [1.807, 2.05) is 30.3 Å². The molecule has 1 aromatic carbocycles. The monoisotopic (exact) mass is 276 g/mol. The summed E-state index contributed by atoms with van der Waals surface area (Å²) in [6.07, 6.45) is 2.54. The number of aryl methyl sites for hydroxylation is 1. The average Bonchev–Trinajstić information content (AvgIpc) is 3.05. The van der Waals surface area contributed by atoms with Gasteiger partial charge in [0.1, 0.15) is 11.8 Å². The Kier molecular flexibility index (Phi) is 3.44. The van der Waals surface area contributed by atoms with Crippen LogP contribution >= 0.6 is 0 Å². The fourth-order valence-electron chi connectivity index (χ4n) is 1.97. The van der Waals surface area contributed by atoms with Crippen molar-refractivity contribution in [2.24, 2.45) is 0 Å². The molecule has 0 atom stereocenters. The molecule has 5 heteroatoms. The Balaban J connectivity index is 1.93. The van der Waals surface area contributed by atoms with E-state index in [2.05, 4.69) is 22.0 Å². The third kappa shape index (κ3) is 2.65. The van der Waals surface area contributed by atoms with Crippen molar-refractivity contribution in [3.8, 4) is 28.9 Å². The Bertz CT molecular complexity index is 800. The van der Waals surface area contributed by atoms with Gasteiger partial charge in [-0.3, -0.25) is 0 Å². The molecule has 0 saturated carbocycles. The lowest BCUT2D eigenvalue weighted by molar-refractivity contribution is 0.432. The van der Waals surface area contributed by atoms with Crippen LogP contribution in [0.1, 0.15) is 18.2 Å². The fourth-order valence-corrected chi connectivity index (χ4v) is 1.97. The lowest BCUT2D eigenvalue weighted by Gasteiger charge is -1.97. The van der Waals surface area contributed by atoms with E-state index >= 15 is 0 Å². The van der Waals surface area contributed by atoms with Crippen LogP contribution in [0.25, 0.3) is 22.8 Å². The van der Waals surface area contributed by atoms with Gasteiger partial charge in [0.2, 0.25) is 5.82 Å². The first-order chi connectivity index (χ1) is 10.3. The summed E-state index contributed by atoms with van der Waals surface area (Å²) in [7, 11) is 0. The molecular formula is C16H12N4O. The van der Waals surface area contributed by atoms with Crippen molar-refractivity contribution in [2.45, 2.75) is 13.3 Å². The number of benzene rings is 1. The number of hydrogen-bond acceptors (Lipinski definition) is 5. The van der Waals surface area contributed by atoms with Crippen LogP contribution in [-0.4, -0.2) is 15.1 Å². The van der Waals surface area contributed by atoms with E-state index in [9.17, 15) is 0 Å².